The van der Waals surface area contributed by atoms with Crippen molar-refractivity contribution in [3.63, 3.8) is 0 Å². The molecule has 2 aliphatic heterocycles. The molecule has 3 nitrogen and oxygen atoms in total. The van der Waals surface area contributed by atoms with Gasteiger partial charge in [-0.2, -0.15) is 0 Å². The van der Waals surface area contributed by atoms with Gasteiger partial charge in [-0.15, -0.1) is 0 Å². The van der Waals surface area contributed by atoms with Gasteiger partial charge < -0.3 is 10.1 Å². The molecule has 2 aliphatic rings. The Morgan fingerprint density at radius 1 is 1.23 bits per heavy atom. The van der Waals surface area contributed by atoms with Crippen molar-refractivity contribution in [1.82, 2.24) is 10.2 Å². The van der Waals surface area contributed by atoms with Crippen LogP contribution >= 0.6 is 15.9 Å². The largest absolute Gasteiger partial charge is 0.379 e. The molecule has 1 aromatic rings. The van der Waals surface area contributed by atoms with Crippen LogP contribution in [0.1, 0.15) is 30.4 Å². The number of hydrogen-bond acceptors (Lipinski definition) is 3. The Morgan fingerprint density at radius 2 is 2.09 bits per heavy atom. The van der Waals surface area contributed by atoms with Crippen molar-refractivity contribution >= 4 is 15.9 Å². The molecule has 0 saturated carbocycles. The number of nitrogens with one attached hydrogen (secondary N) is 1. The lowest BCUT2D eigenvalue weighted by molar-refractivity contribution is 0.0384. The van der Waals surface area contributed by atoms with Crippen LogP contribution in [0, 0.1) is 0 Å². The minimum absolute atomic E-state index is 0.667. The molecule has 0 aliphatic carbocycles. The summed E-state index contributed by atoms with van der Waals surface area (Å²) in [5.41, 5.74) is 2.87. The van der Waals surface area contributed by atoms with Crippen LogP contribution in [0.3, 0.4) is 0 Å². The maximum absolute atomic E-state index is 5.41. The van der Waals surface area contributed by atoms with Gasteiger partial charge in [0.15, 0.2) is 0 Å². The highest BCUT2D eigenvalue weighted by Crippen LogP contribution is 2.22. The summed E-state index contributed by atoms with van der Waals surface area (Å²) in [6, 6.07) is 7.61. The van der Waals surface area contributed by atoms with Crippen LogP contribution in [0.4, 0.5) is 0 Å². The van der Waals surface area contributed by atoms with E-state index in [0.717, 1.165) is 45.7 Å². The summed E-state index contributed by atoms with van der Waals surface area (Å²) >= 11 is 3.77. The standard InChI is InChI=1S/C18H27BrN2O/c19-18-14-15(13-17-3-1-2-7-20-17)4-5-16(18)6-8-21-9-11-22-12-10-21/h4-5,14,17,20H,1-3,6-13H2. The molecule has 4 heteroatoms. The van der Waals surface area contributed by atoms with Gasteiger partial charge in [0.2, 0.25) is 0 Å². The Balaban J connectivity index is 1.52. The summed E-state index contributed by atoms with van der Waals surface area (Å²) in [5, 5.41) is 3.64. The van der Waals surface area contributed by atoms with E-state index in [1.54, 1.807) is 0 Å². The Bertz CT molecular complexity index is 468. The van der Waals surface area contributed by atoms with Crippen molar-refractivity contribution in [2.75, 3.05) is 39.4 Å². The summed E-state index contributed by atoms with van der Waals surface area (Å²) in [7, 11) is 0. The first-order valence-corrected chi connectivity index (χ1v) is 9.41. The molecule has 0 amide bonds. The first-order valence-electron chi connectivity index (χ1n) is 8.62. The molecule has 2 heterocycles. The molecule has 1 atom stereocenters. The van der Waals surface area contributed by atoms with E-state index in [2.05, 4.69) is 44.3 Å². The van der Waals surface area contributed by atoms with Gasteiger partial charge in [-0.1, -0.05) is 34.5 Å². The number of benzene rings is 1. The minimum atomic E-state index is 0.667. The smallest absolute Gasteiger partial charge is 0.0594 e. The molecule has 2 saturated heterocycles. The van der Waals surface area contributed by atoms with E-state index < -0.39 is 0 Å². The number of morpholine rings is 1. The number of halogens is 1. The molecule has 22 heavy (non-hydrogen) atoms. The summed E-state index contributed by atoms with van der Waals surface area (Å²) in [4.78, 5) is 2.50. The lowest BCUT2D eigenvalue weighted by atomic mass is 9.97. The molecule has 2 fully saturated rings. The van der Waals surface area contributed by atoms with E-state index >= 15 is 0 Å². The predicted octanol–water partition coefficient (Wildman–Crippen LogP) is 3.01. The Kier molecular flexibility index (Phi) is 6.30. The fraction of sp³-hybridized carbons (Fsp3) is 0.667. The number of rotatable bonds is 5. The quantitative estimate of drug-likeness (QED) is 0.866. The van der Waals surface area contributed by atoms with Gasteiger partial charge in [0.05, 0.1) is 13.2 Å². The van der Waals surface area contributed by atoms with E-state index in [9.17, 15) is 0 Å². The highest BCUT2D eigenvalue weighted by molar-refractivity contribution is 9.10. The van der Waals surface area contributed by atoms with Crippen molar-refractivity contribution in [1.29, 1.82) is 0 Å². The molecule has 1 N–H and O–H groups in total. The van der Waals surface area contributed by atoms with Gasteiger partial charge in [0.25, 0.3) is 0 Å². The van der Waals surface area contributed by atoms with Crippen molar-refractivity contribution in [3.05, 3.63) is 33.8 Å². The fourth-order valence-electron chi connectivity index (χ4n) is 3.41. The zero-order valence-corrected chi connectivity index (χ0v) is 14.9. The van der Waals surface area contributed by atoms with Crippen LogP contribution in [-0.4, -0.2) is 50.3 Å². The lowest BCUT2D eigenvalue weighted by Gasteiger charge is -2.26. The van der Waals surface area contributed by atoms with Crippen molar-refractivity contribution < 1.29 is 4.74 Å². The zero-order valence-electron chi connectivity index (χ0n) is 13.3. The molecule has 1 aromatic carbocycles. The summed E-state index contributed by atoms with van der Waals surface area (Å²) in [6.45, 7) is 6.23. The van der Waals surface area contributed by atoms with Crippen molar-refractivity contribution in [2.24, 2.45) is 0 Å². The molecule has 1 unspecified atom stereocenters. The normalized spacial score (nSPS) is 23.6. The second-order valence-electron chi connectivity index (χ2n) is 6.48. The van der Waals surface area contributed by atoms with Gasteiger partial charge in [0, 0.05) is 30.1 Å². The molecule has 0 radical (unpaired) electrons. The minimum Gasteiger partial charge on any atom is -0.379 e. The lowest BCUT2D eigenvalue weighted by Crippen LogP contribution is -2.37. The van der Waals surface area contributed by atoms with E-state index in [0.29, 0.717) is 6.04 Å². The van der Waals surface area contributed by atoms with Crippen LogP contribution in [-0.2, 0) is 17.6 Å². The van der Waals surface area contributed by atoms with Gasteiger partial charge in [0.1, 0.15) is 0 Å². The third-order valence-corrected chi connectivity index (χ3v) is 5.55. The zero-order chi connectivity index (χ0) is 15.2. The number of nitrogens with zero attached hydrogens (tertiary/aromatic N) is 1. The second kappa shape index (κ2) is 8.44. The molecular formula is C18H27BrN2O. The second-order valence-corrected chi connectivity index (χ2v) is 7.34. The molecule has 122 valence electrons. The third kappa shape index (κ3) is 4.79. The number of ether oxygens (including phenoxy) is 1. The maximum atomic E-state index is 5.41. The van der Waals surface area contributed by atoms with Crippen molar-refractivity contribution in [2.45, 2.75) is 38.1 Å². The molecule has 0 bridgehead atoms. The summed E-state index contributed by atoms with van der Waals surface area (Å²) in [6.07, 6.45) is 6.29. The van der Waals surface area contributed by atoms with E-state index in [1.807, 2.05) is 0 Å². The average molecular weight is 367 g/mol. The van der Waals surface area contributed by atoms with Gasteiger partial charge in [-0.3, -0.25) is 4.90 Å². The van der Waals surface area contributed by atoms with Crippen LogP contribution < -0.4 is 5.32 Å². The predicted molar refractivity (Wildman–Crippen MR) is 94.5 cm³/mol. The van der Waals surface area contributed by atoms with E-state index in [-0.39, 0.29) is 0 Å². The Hall–Kier alpha value is -0.420. The van der Waals surface area contributed by atoms with Gasteiger partial charge in [-0.05, 0) is 49.4 Å². The highest BCUT2D eigenvalue weighted by Gasteiger charge is 2.14. The van der Waals surface area contributed by atoms with Crippen LogP contribution in [0.2, 0.25) is 0 Å². The highest BCUT2D eigenvalue weighted by atomic mass is 79.9. The SMILES string of the molecule is Brc1cc(CC2CCCCN2)ccc1CCN1CCOCC1. The number of hydrogen-bond donors (Lipinski definition) is 1. The summed E-state index contributed by atoms with van der Waals surface area (Å²) in [5.74, 6) is 0. The first kappa shape index (κ1) is 16.4. The van der Waals surface area contributed by atoms with Crippen LogP contribution in [0.15, 0.2) is 22.7 Å². The Labute approximate surface area is 142 Å². The first-order chi connectivity index (χ1) is 10.8. The topological polar surface area (TPSA) is 24.5 Å². The third-order valence-electron chi connectivity index (χ3n) is 4.81. The maximum Gasteiger partial charge on any atom is 0.0594 e. The molecular weight excluding hydrogens is 340 g/mol. The fourth-order valence-corrected chi connectivity index (χ4v) is 4.03. The van der Waals surface area contributed by atoms with Crippen molar-refractivity contribution in [3.8, 4) is 0 Å². The average Bonchev–Trinajstić information content (AvgIpc) is 2.56. The van der Waals surface area contributed by atoms with E-state index in [4.69, 9.17) is 4.74 Å². The van der Waals surface area contributed by atoms with Crippen LogP contribution in [0.5, 0.6) is 0 Å². The molecule has 0 spiro atoms. The number of piperidine rings is 1. The molecule has 0 aromatic heterocycles. The van der Waals surface area contributed by atoms with Gasteiger partial charge in [-0.25, -0.2) is 0 Å². The molecule has 3 rings (SSSR count). The summed E-state index contributed by atoms with van der Waals surface area (Å²) < 4.78 is 6.68. The van der Waals surface area contributed by atoms with Gasteiger partial charge >= 0.3 is 0 Å². The van der Waals surface area contributed by atoms with E-state index in [1.165, 1.54) is 41.4 Å². The monoisotopic (exact) mass is 366 g/mol. The van der Waals surface area contributed by atoms with Crippen LogP contribution in [0.25, 0.3) is 0 Å². The Morgan fingerprint density at radius 3 is 2.82 bits per heavy atom.